The van der Waals surface area contributed by atoms with Gasteiger partial charge in [0.1, 0.15) is 5.82 Å². The maximum atomic E-state index is 12.1. The Bertz CT molecular complexity index is 769. The van der Waals surface area contributed by atoms with Crippen LogP contribution in [-0.4, -0.2) is 21.9 Å². The van der Waals surface area contributed by atoms with Gasteiger partial charge < -0.3 is 10.3 Å². The van der Waals surface area contributed by atoms with E-state index in [2.05, 4.69) is 22.2 Å². The minimum absolute atomic E-state index is 0.108. The number of hydrogen-bond acceptors (Lipinski definition) is 3. The van der Waals surface area contributed by atoms with Gasteiger partial charge >= 0.3 is 0 Å². The predicted octanol–water partition coefficient (Wildman–Crippen LogP) is 2.94. The fourth-order valence-electron chi connectivity index (χ4n) is 3.48. The van der Waals surface area contributed by atoms with E-state index >= 15 is 0 Å². The van der Waals surface area contributed by atoms with E-state index in [0.29, 0.717) is 47.9 Å². The molecule has 1 aromatic carbocycles. The van der Waals surface area contributed by atoms with E-state index in [4.69, 9.17) is 0 Å². The lowest BCUT2D eigenvalue weighted by Crippen LogP contribution is -2.40. The van der Waals surface area contributed by atoms with Crippen LogP contribution in [0.25, 0.3) is 10.9 Å². The molecule has 2 atom stereocenters. The van der Waals surface area contributed by atoms with Gasteiger partial charge in [-0.1, -0.05) is 31.9 Å². The molecule has 128 valence electrons. The van der Waals surface area contributed by atoms with Gasteiger partial charge in [-0.25, -0.2) is 4.98 Å². The number of nitrogens with zero attached hydrogens (tertiary/aromatic N) is 1. The number of hydrogen-bond donors (Lipinski definition) is 2. The second kappa shape index (κ2) is 7.60. The van der Waals surface area contributed by atoms with Crippen molar-refractivity contribution < 1.29 is 4.79 Å². The molecule has 0 saturated heterocycles. The van der Waals surface area contributed by atoms with Gasteiger partial charge in [-0.15, -0.1) is 0 Å². The monoisotopic (exact) mass is 327 g/mol. The molecule has 1 fully saturated rings. The zero-order chi connectivity index (χ0) is 16.9. The van der Waals surface area contributed by atoms with Gasteiger partial charge in [-0.2, -0.15) is 0 Å². The smallest absolute Gasteiger partial charge is 0.258 e. The number of fused-ring (bicyclic) bond motifs is 1. The highest BCUT2D eigenvalue weighted by atomic mass is 16.1. The third-order valence-electron chi connectivity index (χ3n) is 4.94. The summed E-state index contributed by atoms with van der Waals surface area (Å²) in [5, 5.41) is 3.77. The zero-order valence-corrected chi connectivity index (χ0v) is 14.2. The molecule has 24 heavy (non-hydrogen) atoms. The molecule has 1 saturated carbocycles. The summed E-state index contributed by atoms with van der Waals surface area (Å²) in [6.07, 6.45) is 6.54. The molecule has 0 aliphatic heterocycles. The quantitative estimate of drug-likeness (QED) is 0.886. The van der Waals surface area contributed by atoms with Crippen molar-refractivity contribution in [2.45, 2.75) is 57.9 Å². The van der Waals surface area contributed by atoms with E-state index < -0.39 is 0 Å². The first-order chi connectivity index (χ1) is 11.6. The van der Waals surface area contributed by atoms with Gasteiger partial charge in [0.15, 0.2) is 0 Å². The van der Waals surface area contributed by atoms with E-state index in [9.17, 15) is 9.59 Å². The van der Waals surface area contributed by atoms with Crippen molar-refractivity contribution in [2.75, 3.05) is 0 Å². The van der Waals surface area contributed by atoms with Crippen LogP contribution in [0.2, 0.25) is 0 Å². The fourth-order valence-corrected chi connectivity index (χ4v) is 3.48. The topological polar surface area (TPSA) is 74.8 Å². The van der Waals surface area contributed by atoms with Gasteiger partial charge in [-0.05, 0) is 37.3 Å². The number of rotatable bonds is 5. The largest absolute Gasteiger partial charge is 0.353 e. The molecule has 0 radical (unpaired) electrons. The summed E-state index contributed by atoms with van der Waals surface area (Å²) < 4.78 is 0. The van der Waals surface area contributed by atoms with Crippen LogP contribution >= 0.6 is 0 Å². The molecule has 0 unspecified atom stereocenters. The summed E-state index contributed by atoms with van der Waals surface area (Å²) in [6.45, 7) is 2.22. The average molecular weight is 327 g/mol. The maximum absolute atomic E-state index is 12.1. The molecule has 2 aromatic rings. The van der Waals surface area contributed by atoms with Crippen molar-refractivity contribution >= 4 is 16.8 Å². The molecule has 1 aliphatic carbocycles. The highest BCUT2D eigenvalue weighted by Crippen LogP contribution is 2.23. The van der Waals surface area contributed by atoms with Gasteiger partial charge in [0, 0.05) is 18.9 Å². The fraction of sp³-hybridized carbons (Fsp3) is 0.526. The minimum Gasteiger partial charge on any atom is -0.353 e. The molecule has 0 bridgehead atoms. The summed E-state index contributed by atoms with van der Waals surface area (Å²) in [7, 11) is 0. The van der Waals surface area contributed by atoms with Crippen LogP contribution < -0.4 is 10.9 Å². The summed E-state index contributed by atoms with van der Waals surface area (Å²) in [6, 6.07) is 7.63. The van der Waals surface area contributed by atoms with E-state index in [0.717, 1.165) is 6.42 Å². The predicted molar refractivity (Wildman–Crippen MR) is 94.9 cm³/mol. The van der Waals surface area contributed by atoms with Crippen LogP contribution in [-0.2, 0) is 11.2 Å². The number of aromatic amines is 1. The van der Waals surface area contributed by atoms with Crippen molar-refractivity contribution in [3.05, 3.63) is 40.4 Å². The van der Waals surface area contributed by atoms with E-state index in [1.54, 1.807) is 6.07 Å². The van der Waals surface area contributed by atoms with Crippen molar-refractivity contribution in [1.82, 2.24) is 15.3 Å². The second-order valence-electron chi connectivity index (χ2n) is 6.82. The van der Waals surface area contributed by atoms with Crippen molar-refractivity contribution in [1.29, 1.82) is 0 Å². The summed E-state index contributed by atoms with van der Waals surface area (Å²) in [5.41, 5.74) is 0.591. The number of aromatic nitrogens is 2. The number of carbonyl (C=O) groups is 1. The minimum atomic E-state index is -0.115. The van der Waals surface area contributed by atoms with Crippen molar-refractivity contribution in [3.63, 3.8) is 0 Å². The van der Waals surface area contributed by atoms with Crippen LogP contribution in [0.5, 0.6) is 0 Å². The highest BCUT2D eigenvalue weighted by molar-refractivity contribution is 5.77. The van der Waals surface area contributed by atoms with Crippen LogP contribution in [0.4, 0.5) is 0 Å². The van der Waals surface area contributed by atoms with Crippen LogP contribution in [0.1, 0.15) is 51.3 Å². The summed E-state index contributed by atoms with van der Waals surface area (Å²) >= 11 is 0. The van der Waals surface area contributed by atoms with E-state index in [1.165, 1.54) is 19.3 Å². The Hall–Kier alpha value is -2.17. The Morgan fingerprint density at radius 3 is 2.92 bits per heavy atom. The molecule has 1 heterocycles. The molecule has 1 aromatic heterocycles. The second-order valence-corrected chi connectivity index (χ2v) is 6.82. The van der Waals surface area contributed by atoms with E-state index in [-0.39, 0.29) is 11.5 Å². The molecule has 1 amide bonds. The molecule has 1 aliphatic rings. The van der Waals surface area contributed by atoms with Crippen LogP contribution in [0, 0.1) is 5.92 Å². The highest BCUT2D eigenvalue weighted by Gasteiger charge is 2.22. The van der Waals surface area contributed by atoms with Gasteiger partial charge in [-0.3, -0.25) is 9.59 Å². The summed E-state index contributed by atoms with van der Waals surface area (Å²) in [4.78, 5) is 31.4. The van der Waals surface area contributed by atoms with Crippen LogP contribution in [0.3, 0.4) is 0 Å². The van der Waals surface area contributed by atoms with Crippen LogP contribution in [0.15, 0.2) is 29.1 Å². The first-order valence-electron chi connectivity index (χ1n) is 8.91. The molecular weight excluding hydrogens is 302 g/mol. The molecule has 5 nitrogen and oxygen atoms in total. The van der Waals surface area contributed by atoms with Gasteiger partial charge in [0.05, 0.1) is 10.9 Å². The lowest BCUT2D eigenvalue weighted by molar-refractivity contribution is -0.122. The number of aryl methyl sites for hydroxylation is 1. The summed E-state index contributed by atoms with van der Waals surface area (Å²) in [5.74, 6) is 1.33. The zero-order valence-electron chi connectivity index (χ0n) is 14.2. The van der Waals surface area contributed by atoms with Crippen molar-refractivity contribution in [3.8, 4) is 0 Å². The first-order valence-corrected chi connectivity index (χ1v) is 8.91. The van der Waals surface area contributed by atoms with Crippen molar-refractivity contribution in [2.24, 2.45) is 5.92 Å². The number of amides is 1. The lowest BCUT2D eigenvalue weighted by Gasteiger charge is -2.29. The maximum Gasteiger partial charge on any atom is 0.258 e. The number of benzene rings is 1. The molecule has 2 N–H and O–H groups in total. The average Bonchev–Trinajstić information content (AvgIpc) is 2.57. The molecule has 5 heteroatoms. The Morgan fingerprint density at radius 1 is 1.29 bits per heavy atom. The Kier molecular flexibility index (Phi) is 5.28. The number of carbonyl (C=O) groups excluding carboxylic acids is 1. The Labute approximate surface area is 141 Å². The molecule has 0 spiro atoms. The number of H-pyrrole nitrogens is 1. The number of nitrogens with one attached hydrogen (secondary N) is 2. The molecular formula is C19H25N3O2. The van der Waals surface area contributed by atoms with E-state index in [1.807, 2.05) is 18.2 Å². The third-order valence-corrected chi connectivity index (χ3v) is 4.94. The normalized spacial score (nSPS) is 20.9. The standard InChI is InChI=1S/C19H25N3O2/c1-13-7-2-4-9-15(13)21-18(23)12-6-11-17-20-16-10-5-3-8-14(16)19(24)22-17/h3,5,8,10,13,15H,2,4,6-7,9,11-12H2,1H3,(H,21,23)(H,20,22,24)/t13-,15+/m0/s1. The SMILES string of the molecule is C[C@H]1CCCC[C@H]1NC(=O)CCCc1nc2ccccc2c(=O)[nH]1. The Balaban J connectivity index is 1.52. The first kappa shape index (κ1) is 16.7. The lowest BCUT2D eigenvalue weighted by atomic mass is 9.86. The Morgan fingerprint density at radius 2 is 2.08 bits per heavy atom. The van der Waals surface area contributed by atoms with Gasteiger partial charge in [0.25, 0.3) is 5.56 Å². The van der Waals surface area contributed by atoms with Gasteiger partial charge in [0.2, 0.25) is 5.91 Å². The molecule has 3 rings (SSSR count). The third kappa shape index (κ3) is 4.02. The number of para-hydroxylation sites is 1.